The van der Waals surface area contributed by atoms with Crippen LogP contribution in [-0.4, -0.2) is 44.3 Å². The molecule has 0 saturated carbocycles. The van der Waals surface area contributed by atoms with E-state index < -0.39 is 28.5 Å². The number of amides is 2. The van der Waals surface area contributed by atoms with Crippen LogP contribution >= 0.6 is 23.2 Å². The van der Waals surface area contributed by atoms with Crippen LogP contribution in [-0.2, 0) is 26.2 Å². The number of rotatable bonds is 11. The van der Waals surface area contributed by atoms with Crippen molar-refractivity contribution in [2.24, 2.45) is 0 Å². The highest BCUT2D eigenvalue weighted by Gasteiger charge is 2.32. The van der Waals surface area contributed by atoms with Crippen LogP contribution in [0.1, 0.15) is 37.0 Å². The van der Waals surface area contributed by atoms with Gasteiger partial charge in [-0.1, -0.05) is 71.6 Å². The van der Waals surface area contributed by atoms with Gasteiger partial charge in [-0.05, 0) is 69.2 Å². The highest BCUT2D eigenvalue weighted by Crippen LogP contribution is 2.27. The van der Waals surface area contributed by atoms with Gasteiger partial charge in [-0.2, -0.15) is 0 Å². The van der Waals surface area contributed by atoms with Crippen molar-refractivity contribution in [2.75, 3.05) is 17.4 Å². The summed E-state index contributed by atoms with van der Waals surface area (Å²) >= 11 is 12.4. The summed E-state index contributed by atoms with van der Waals surface area (Å²) in [4.78, 5) is 28.2. The second-order valence-corrected chi connectivity index (χ2v) is 12.1. The second-order valence-electron chi connectivity index (χ2n) is 9.38. The summed E-state index contributed by atoms with van der Waals surface area (Å²) in [6.07, 6.45) is 0.728. The Bertz CT molecular complexity index is 1410. The van der Waals surface area contributed by atoms with Crippen molar-refractivity contribution in [1.82, 2.24) is 10.2 Å². The standard InChI is InChI=1S/C29H33Cl2N3O4S/c1-5-16-32-29(36)22(4)33(18-23-10-11-24(30)17-27(23)31)28(35)19-34(25-12-6-20(2)7-13-25)39(37,38)26-14-8-21(3)9-15-26/h6-15,17,22H,5,16,18-19H2,1-4H3,(H,32,36). The van der Waals surface area contributed by atoms with Gasteiger partial charge in [0.15, 0.2) is 0 Å². The highest BCUT2D eigenvalue weighted by atomic mass is 35.5. The minimum atomic E-state index is -4.12. The molecule has 7 nitrogen and oxygen atoms in total. The Morgan fingerprint density at radius 3 is 2.08 bits per heavy atom. The summed E-state index contributed by atoms with van der Waals surface area (Å²) in [6.45, 7) is 7.21. The van der Waals surface area contributed by atoms with Gasteiger partial charge >= 0.3 is 0 Å². The van der Waals surface area contributed by atoms with Crippen molar-refractivity contribution < 1.29 is 18.0 Å². The molecule has 0 bridgehead atoms. The number of carbonyl (C=O) groups is 2. The third kappa shape index (κ3) is 7.75. The minimum Gasteiger partial charge on any atom is -0.354 e. The summed E-state index contributed by atoms with van der Waals surface area (Å²) in [7, 11) is -4.12. The van der Waals surface area contributed by atoms with Crippen LogP contribution in [0.5, 0.6) is 0 Å². The molecular weight excluding hydrogens is 557 g/mol. The Labute approximate surface area is 240 Å². The molecule has 3 aromatic rings. The van der Waals surface area contributed by atoms with Gasteiger partial charge in [-0.3, -0.25) is 13.9 Å². The molecule has 39 heavy (non-hydrogen) atoms. The molecule has 0 fully saturated rings. The fraction of sp³-hybridized carbons (Fsp3) is 0.310. The van der Waals surface area contributed by atoms with Crippen molar-refractivity contribution in [3.05, 3.63) is 93.5 Å². The van der Waals surface area contributed by atoms with Gasteiger partial charge < -0.3 is 10.2 Å². The normalized spacial score (nSPS) is 12.1. The van der Waals surface area contributed by atoms with Gasteiger partial charge in [0.2, 0.25) is 11.8 Å². The number of nitrogens with zero attached hydrogens (tertiary/aromatic N) is 2. The van der Waals surface area contributed by atoms with Crippen LogP contribution in [0.4, 0.5) is 5.69 Å². The van der Waals surface area contributed by atoms with Gasteiger partial charge in [-0.25, -0.2) is 8.42 Å². The zero-order valence-corrected chi connectivity index (χ0v) is 24.8. The average molecular weight is 591 g/mol. The smallest absolute Gasteiger partial charge is 0.264 e. The number of hydrogen-bond donors (Lipinski definition) is 1. The molecule has 2 amide bonds. The number of sulfonamides is 1. The summed E-state index contributed by atoms with van der Waals surface area (Å²) in [5.41, 5.74) is 2.76. The quantitative estimate of drug-likeness (QED) is 0.308. The Hall–Kier alpha value is -3.07. The Morgan fingerprint density at radius 1 is 0.923 bits per heavy atom. The molecule has 1 unspecified atom stereocenters. The van der Waals surface area contributed by atoms with Crippen LogP contribution in [0.3, 0.4) is 0 Å². The first-order valence-corrected chi connectivity index (χ1v) is 14.8. The first-order valence-electron chi connectivity index (χ1n) is 12.6. The summed E-state index contributed by atoms with van der Waals surface area (Å²) < 4.78 is 28.7. The summed E-state index contributed by atoms with van der Waals surface area (Å²) in [6, 6.07) is 17.3. The lowest BCUT2D eigenvalue weighted by Crippen LogP contribution is -2.51. The maximum atomic E-state index is 13.9. The van der Waals surface area contributed by atoms with Gasteiger partial charge in [0.25, 0.3) is 10.0 Å². The fourth-order valence-electron chi connectivity index (χ4n) is 3.89. The van der Waals surface area contributed by atoms with Crippen LogP contribution in [0.25, 0.3) is 0 Å². The fourth-order valence-corrected chi connectivity index (χ4v) is 5.77. The monoisotopic (exact) mass is 589 g/mol. The van der Waals surface area contributed by atoms with Gasteiger partial charge in [0.1, 0.15) is 12.6 Å². The number of aryl methyl sites for hydroxylation is 2. The molecule has 0 saturated heterocycles. The molecule has 0 heterocycles. The molecule has 3 aromatic carbocycles. The first kappa shape index (κ1) is 30.5. The van der Waals surface area contributed by atoms with Crippen LogP contribution < -0.4 is 9.62 Å². The second kappa shape index (κ2) is 13.3. The molecule has 0 radical (unpaired) electrons. The predicted octanol–water partition coefficient (Wildman–Crippen LogP) is 5.75. The van der Waals surface area contributed by atoms with Crippen LogP contribution in [0.15, 0.2) is 71.6 Å². The van der Waals surface area contributed by atoms with Gasteiger partial charge in [-0.15, -0.1) is 0 Å². The van der Waals surface area contributed by atoms with Crippen molar-refractivity contribution in [3.8, 4) is 0 Å². The lowest BCUT2D eigenvalue weighted by molar-refractivity contribution is -0.139. The minimum absolute atomic E-state index is 0.0120. The maximum absolute atomic E-state index is 13.9. The topological polar surface area (TPSA) is 86.8 Å². The van der Waals surface area contributed by atoms with Crippen LogP contribution in [0.2, 0.25) is 10.0 Å². The van der Waals surface area contributed by atoms with Crippen molar-refractivity contribution >= 4 is 50.7 Å². The van der Waals surface area contributed by atoms with E-state index in [2.05, 4.69) is 5.32 Å². The molecule has 1 atom stereocenters. The number of carbonyl (C=O) groups excluding carboxylic acids is 2. The number of anilines is 1. The van der Waals surface area contributed by atoms with E-state index in [4.69, 9.17) is 23.2 Å². The average Bonchev–Trinajstić information content (AvgIpc) is 2.90. The third-order valence-electron chi connectivity index (χ3n) is 6.28. The molecular formula is C29H33Cl2N3O4S. The largest absolute Gasteiger partial charge is 0.354 e. The van der Waals surface area contributed by atoms with E-state index in [9.17, 15) is 18.0 Å². The molecule has 0 aliphatic rings. The number of hydrogen-bond acceptors (Lipinski definition) is 4. The number of nitrogens with one attached hydrogen (secondary N) is 1. The lowest BCUT2D eigenvalue weighted by Gasteiger charge is -2.32. The highest BCUT2D eigenvalue weighted by molar-refractivity contribution is 7.92. The first-order chi connectivity index (χ1) is 18.4. The Morgan fingerprint density at radius 2 is 1.51 bits per heavy atom. The molecule has 0 spiro atoms. The van der Waals surface area contributed by atoms with E-state index in [1.807, 2.05) is 20.8 Å². The summed E-state index contributed by atoms with van der Waals surface area (Å²) in [5, 5.41) is 3.58. The van der Waals surface area contributed by atoms with Gasteiger partial charge in [0.05, 0.1) is 10.6 Å². The SMILES string of the molecule is CCCNC(=O)C(C)N(Cc1ccc(Cl)cc1Cl)C(=O)CN(c1ccc(C)cc1)S(=O)(=O)c1ccc(C)cc1. The predicted molar refractivity (Wildman–Crippen MR) is 157 cm³/mol. The Balaban J connectivity index is 2.03. The molecule has 0 aliphatic heterocycles. The van der Waals surface area contributed by atoms with E-state index in [1.54, 1.807) is 61.5 Å². The van der Waals surface area contributed by atoms with Crippen LogP contribution in [0, 0.1) is 13.8 Å². The Kier molecular flexibility index (Phi) is 10.4. The number of benzene rings is 3. The van der Waals surface area contributed by atoms with Crippen molar-refractivity contribution in [2.45, 2.75) is 51.6 Å². The molecule has 0 aliphatic carbocycles. The third-order valence-corrected chi connectivity index (χ3v) is 8.66. The van der Waals surface area contributed by atoms with Crippen molar-refractivity contribution in [3.63, 3.8) is 0 Å². The van der Waals surface area contributed by atoms with E-state index >= 15 is 0 Å². The van der Waals surface area contributed by atoms with Gasteiger partial charge in [0, 0.05) is 23.1 Å². The zero-order chi connectivity index (χ0) is 28.7. The summed E-state index contributed by atoms with van der Waals surface area (Å²) in [5.74, 6) is -0.907. The van der Waals surface area contributed by atoms with Crippen molar-refractivity contribution in [1.29, 1.82) is 0 Å². The molecule has 208 valence electrons. The van der Waals surface area contributed by atoms with E-state index in [0.717, 1.165) is 21.9 Å². The number of halogens is 2. The molecule has 3 rings (SSSR count). The zero-order valence-electron chi connectivity index (χ0n) is 22.4. The molecule has 1 N–H and O–H groups in total. The van der Waals surface area contributed by atoms with E-state index in [-0.39, 0.29) is 17.3 Å². The maximum Gasteiger partial charge on any atom is 0.264 e. The molecule has 0 aromatic heterocycles. The van der Waals surface area contributed by atoms with E-state index in [1.165, 1.54) is 17.0 Å². The molecule has 10 heteroatoms. The van der Waals surface area contributed by atoms with E-state index in [0.29, 0.717) is 27.8 Å². The lowest BCUT2D eigenvalue weighted by atomic mass is 10.1.